The molecular formula is C21H20Cl2N4O4S. The smallest absolute Gasteiger partial charge is 0.262 e. The lowest BCUT2D eigenvalue weighted by Gasteiger charge is -2.26. The fourth-order valence-electron chi connectivity index (χ4n) is 3.50. The van der Waals surface area contributed by atoms with E-state index in [2.05, 4.69) is 15.3 Å². The van der Waals surface area contributed by atoms with E-state index in [0.717, 1.165) is 19.3 Å². The molecule has 1 fully saturated rings. The number of hydrogen-bond donors (Lipinski definition) is 1. The summed E-state index contributed by atoms with van der Waals surface area (Å²) in [5.41, 5.74) is 0.812. The van der Waals surface area contributed by atoms with Crippen molar-refractivity contribution < 1.29 is 17.9 Å². The maximum Gasteiger partial charge on any atom is 0.262 e. The Kier molecular flexibility index (Phi) is 6.80. The molecule has 1 saturated heterocycles. The molecule has 2 heterocycles. The number of sulfonamides is 1. The molecular weight excluding hydrogens is 475 g/mol. The number of anilines is 1. The first-order valence-corrected chi connectivity index (χ1v) is 12.2. The molecule has 0 radical (unpaired) electrons. The number of benzene rings is 2. The number of rotatable bonds is 6. The molecule has 168 valence electrons. The molecule has 0 atom stereocenters. The van der Waals surface area contributed by atoms with Gasteiger partial charge in [-0.25, -0.2) is 18.4 Å². The first-order valence-electron chi connectivity index (χ1n) is 9.97. The van der Waals surface area contributed by atoms with Crippen LogP contribution < -0.4 is 10.1 Å². The summed E-state index contributed by atoms with van der Waals surface area (Å²) in [6.45, 7) is 0.667. The molecule has 3 aromatic rings. The number of amides is 1. The molecule has 0 aliphatic carbocycles. The molecule has 32 heavy (non-hydrogen) atoms. The average Bonchev–Trinajstić information content (AvgIpc) is 2.78. The number of nitrogens with one attached hydrogen (secondary N) is 1. The minimum Gasteiger partial charge on any atom is -0.467 e. The zero-order valence-electron chi connectivity index (χ0n) is 16.9. The zero-order valence-corrected chi connectivity index (χ0v) is 19.3. The zero-order chi connectivity index (χ0) is 22.7. The molecule has 1 N–H and O–H groups in total. The first-order chi connectivity index (χ1) is 15.3. The second-order valence-corrected chi connectivity index (χ2v) is 10.1. The van der Waals surface area contributed by atoms with Gasteiger partial charge in [0.1, 0.15) is 6.33 Å². The van der Waals surface area contributed by atoms with Gasteiger partial charge in [0, 0.05) is 23.8 Å². The van der Waals surface area contributed by atoms with Crippen LogP contribution in [0.4, 0.5) is 5.69 Å². The number of piperidine rings is 1. The van der Waals surface area contributed by atoms with Crippen LogP contribution in [0.5, 0.6) is 5.88 Å². The third-order valence-corrected chi connectivity index (χ3v) is 7.43. The highest BCUT2D eigenvalue weighted by molar-refractivity contribution is 7.89. The number of halogens is 2. The van der Waals surface area contributed by atoms with Crippen molar-refractivity contribution in [2.24, 2.45) is 0 Å². The lowest BCUT2D eigenvalue weighted by molar-refractivity contribution is -0.118. The van der Waals surface area contributed by atoms with Crippen LogP contribution in [0.2, 0.25) is 10.0 Å². The van der Waals surface area contributed by atoms with Crippen molar-refractivity contribution in [2.75, 3.05) is 25.0 Å². The van der Waals surface area contributed by atoms with E-state index >= 15 is 0 Å². The van der Waals surface area contributed by atoms with Crippen LogP contribution in [0.15, 0.2) is 47.6 Å². The maximum absolute atomic E-state index is 12.9. The van der Waals surface area contributed by atoms with Gasteiger partial charge in [0.2, 0.25) is 15.9 Å². The lowest BCUT2D eigenvalue weighted by Crippen LogP contribution is -2.35. The summed E-state index contributed by atoms with van der Waals surface area (Å²) < 4.78 is 32.8. The van der Waals surface area contributed by atoms with Crippen LogP contribution in [-0.2, 0) is 14.8 Å². The molecule has 0 bridgehead atoms. The summed E-state index contributed by atoms with van der Waals surface area (Å²) in [7, 11) is -3.60. The number of ether oxygens (including phenoxy) is 1. The van der Waals surface area contributed by atoms with E-state index in [0.29, 0.717) is 39.7 Å². The largest absolute Gasteiger partial charge is 0.467 e. The number of carbonyl (C=O) groups excluding carboxylic acids is 1. The molecule has 8 nitrogen and oxygen atoms in total. The topological polar surface area (TPSA) is 101 Å². The fraction of sp³-hybridized carbons (Fsp3) is 0.286. The van der Waals surface area contributed by atoms with Crippen molar-refractivity contribution in [3.05, 3.63) is 52.8 Å². The molecule has 1 aliphatic heterocycles. The van der Waals surface area contributed by atoms with Gasteiger partial charge >= 0.3 is 0 Å². The highest BCUT2D eigenvalue weighted by atomic mass is 35.5. The van der Waals surface area contributed by atoms with Gasteiger partial charge in [0.05, 0.1) is 20.8 Å². The summed E-state index contributed by atoms with van der Waals surface area (Å²) in [6, 6.07) is 9.34. The summed E-state index contributed by atoms with van der Waals surface area (Å²) in [5.74, 6) is -0.312. The van der Waals surface area contributed by atoms with Gasteiger partial charge in [-0.05, 0) is 43.2 Å². The van der Waals surface area contributed by atoms with Crippen LogP contribution in [0.1, 0.15) is 19.3 Å². The van der Waals surface area contributed by atoms with E-state index in [9.17, 15) is 13.2 Å². The second kappa shape index (κ2) is 9.58. The number of aromatic nitrogens is 2. The lowest BCUT2D eigenvalue weighted by atomic mass is 10.2. The molecule has 1 aromatic heterocycles. The molecule has 1 aliphatic rings. The molecule has 0 spiro atoms. The van der Waals surface area contributed by atoms with E-state index in [4.69, 9.17) is 27.9 Å². The number of fused-ring (bicyclic) bond motifs is 1. The third-order valence-electron chi connectivity index (χ3n) is 5.03. The van der Waals surface area contributed by atoms with Gasteiger partial charge in [-0.15, -0.1) is 0 Å². The van der Waals surface area contributed by atoms with Crippen molar-refractivity contribution in [1.29, 1.82) is 0 Å². The second-order valence-electron chi connectivity index (χ2n) is 7.29. The van der Waals surface area contributed by atoms with Gasteiger partial charge in [-0.1, -0.05) is 35.7 Å². The predicted molar refractivity (Wildman–Crippen MR) is 123 cm³/mol. The Hall–Kier alpha value is -2.46. The Morgan fingerprint density at radius 2 is 1.88 bits per heavy atom. The maximum atomic E-state index is 12.9. The van der Waals surface area contributed by atoms with Crippen LogP contribution in [0, 0.1) is 0 Å². The standard InChI is InChI=1S/C21H20Cl2N4O4S/c22-14-9-17-20(18(23)10-14)24-13-25-21(17)31-12-19(28)26-15-5-4-6-16(11-15)32(29,30)27-7-2-1-3-8-27/h4-6,9-11,13H,1-3,7-8,12H2,(H,26,28). The SMILES string of the molecule is O=C(COc1ncnc2c(Cl)cc(Cl)cc12)Nc1cccc(S(=O)(=O)N2CCCCC2)c1. The highest BCUT2D eigenvalue weighted by Gasteiger charge is 2.26. The van der Waals surface area contributed by atoms with Crippen molar-refractivity contribution in [3.8, 4) is 5.88 Å². The fourth-order valence-corrected chi connectivity index (χ4v) is 5.61. The normalized spacial score (nSPS) is 14.9. The molecule has 2 aromatic carbocycles. The summed E-state index contributed by atoms with van der Waals surface area (Å²) in [4.78, 5) is 20.7. The quantitative estimate of drug-likeness (QED) is 0.552. The van der Waals surface area contributed by atoms with Crippen LogP contribution in [-0.4, -0.2) is 48.3 Å². The van der Waals surface area contributed by atoms with E-state index in [1.54, 1.807) is 24.3 Å². The summed E-state index contributed by atoms with van der Waals surface area (Å²) in [6.07, 6.45) is 4.01. The predicted octanol–water partition coefficient (Wildman–Crippen LogP) is 4.13. The average molecular weight is 495 g/mol. The van der Waals surface area contributed by atoms with Crippen molar-refractivity contribution >= 4 is 55.7 Å². The van der Waals surface area contributed by atoms with Gasteiger partial charge < -0.3 is 10.1 Å². The van der Waals surface area contributed by atoms with Crippen molar-refractivity contribution in [3.63, 3.8) is 0 Å². The van der Waals surface area contributed by atoms with E-state index in [-0.39, 0.29) is 17.4 Å². The van der Waals surface area contributed by atoms with Crippen molar-refractivity contribution in [1.82, 2.24) is 14.3 Å². The van der Waals surface area contributed by atoms with E-state index in [1.807, 2.05) is 0 Å². The van der Waals surface area contributed by atoms with Crippen LogP contribution in [0.25, 0.3) is 10.9 Å². The number of carbonyl (C=O) groups is 1. The monoisotopic (exact) mass is 494 g/mol. The Morgan fingerprint density at radius 3 is 2.66 bits per heavy atom. The Labute approximate surface area is 195 Å². The first kappa shape index (κ1) is 22.7. The third kappa shape index (κ3) is 4.96. The minimum absolute atomic E-state index is 0.143. The highest BCUT2D eigenvalue weighted by Crippen LogP contribution is 2.30. The van der Waals surface area contributed by atoms with Crippen LogP contribution in [0.3, 0.4) is 0 Å². The Balaban J connectivity index is 1.45. The molecule has 4 rings (SSSR count). The van der Waals surface area contributed by atoms with Gasteiger partial charge in [0.25, 0.3) is 5.91 Å². The summed E-state index contributed by atoms with van der Waals surface area (Å²) in [5, 5.41) is 3.87. The number of hydrogen-bond acceptors (Lipinski definition) is 6. The summed E-state index contributed by atoms with van der Waals surface area (Å²) >= 11 is 12.2. The number of nitrogens with zero attached hydrogens (tertiary/aromatic N) is 3. The van der Waals surface area contributed by atoms with Crippen molar-refractivity contribution in [2.45, 2.75) is 24.2 Å². The van der Waals surface area contributed by atoms with E-state index in [1.165, 1.54) is 22.8 Å². The molecule has 0 unspecified atom stereocenters. The molecule has 1 amide bonds. The Bertz CT molecular complexity index is 1260. The van der Waals surface area contributed by atoms with Crippen LogP contribution >= 0.6 is 23.2 Å². The minimum atomic E-state index is -3.60. The van der Waals surface area contributed by atoms with E-state index < -0.39 is 15.9 Å². The molecule has 11 heteroatoms. The van der Waals surface area contributed by atoms with Gasteiger partial charge in [-0.2, -0.15) is 4.31 Å². The Morgan fingerprint density at radius 1 is 1.09 bits per heavy atom. The molecule has 0 saturated carbocycles. The van der Waals surface area contributed by atoms with Gasteiger partial charge in [-0.3, -0.25) is 4.79 Å². The van der Waals surface area contributed by atoms with Gasteiger partial charge in [0.15, 0.2) is 6.61 Å².